The molecule has 1 heterocycles. The molecule has 0 atom stereocenters. The van der Waals surface area contributed by atoms with Crippen molar-refractivity contribution in [3.63, 3.8) is 0 Å². The molecule has 1 aromatic heterocycles. The molecule has 0 amide bonds. The molecule has 0 saturated heterocycles. The average molecular weight is 301 g/mol. The first-order valence-electron chi connectivity index (χ1n) is 6.34. The molecule has 1 N–H and O–H groups in total. The van der Waals surface area contributed by atoms with Gasteiger partial charge >= 0.3 is 0 Å². The van der Waals surface area contributed by atoms with Crippen molar-refractivity contribution in [1.82, 2.24) is 14.8 Å². The number of hydrogen-bond acceptors (Lipinski definition) is 3. The molecular formula is C15H12FN3OS. The van der Waals surface area contributed by atoms with Gasteiger partial charge in [0, 0.05) is 5.69 Å². The Morgan fingerprint density at radius 2 is 1.81 bits per heavy atom. The third kappa shape index (κ3) is 3.00. The van der Waals surface area contributed by atoms with E-state index < -0.39 is 0 Å². The van der Waals surface area contributed by atoms with Crippen molar-refractivity contribution < 1.29 is 9.13 Å². The highest BCUT2D eigenvalue weighted by molar-refractivity contribution is 7.71. The van der Waals surface area contributed by atoms with Gasteiger partial charge in [0.2, 0.25) is 0 Å². The van der Waals surface area contributed by atoms with Gasteiger partial charge in [0.1, 0.15) is 18.2 Å². The first-order valence-corrected chi connectivity index (χ1v) is 6.75. The van der Waals surface area contributed by atoms with Crippen LogP contribution in [0.5, 0.6) is 5.75 Å². The van der Waals surface area contributed by atoms with Gasteiger partial charge in [0.05, 0.1) is 0 Å². The van der Waals surface area contributed by atoms with Gasteiger partial charge in [-0.15, -0.1) is 0 Å². The molecule has 0 aliphatic carbocycles. The molecule has 6 heteroatoms. The summed E-state index contributed by atoms with van der Waals surface area (Å²) in [5, 5.41) is 6.93. The topological polar surface area (TPSA) is 42.8 Å². The molecular weight excluding hydrogens is 289 g/mol. The molecule has 0 radical (unpaired) electrons. The van der Waals surface area contributed by atoms with Crippen molar-refractivity contribution in [2.24, 2.45) is 0 Å². The van der Waals surface area contributed by atoms with E-state index in [4.69, 9.17) is 17.0 Å². The minimum absolute atomic E-state index is 0.230. The minimum Gasteiger partial charge on any atom is -0.486 e. The lowest BCUT2D eigenvalue weighted by atomic mass is 10.3. The number of aromatic nitrogens is 3. The average Bonchev–Trinajstić information content (AvgIpc) is 2.88. The summed E-state index contributed by atoms with van der Waals surface area (Å²) in [6, 6.07) is 15.5. The smallest absolute Gasteiger partial charge is 0.199 e. The summed E-state index contributed by atoms with van der Waals surface area (Å²) in [7, 11) is 0. The molecule has 0 saturated carbocycles. The molecule has 0 aliphatic rings. The maximum atomic E-state index is 12.8. The van der Waals surface area contributed by atoms with Crippen LogP contribution < -0.4 is 4.74 Å². The highest BCUT2D eigenvalue weighted by atomic mass is 32.1. The number of aromatic amines is 1. The molecule has 0 spiro atoms. The van der Waals surface area contributed by atoms with Crippen molar-refractivity contribution in [3.8, 4) is 11.4 Å². The highest BCUT2D eigenvalue weighted by Crippen LogP contribution is 2.15. The normalized spacial score (nSPS) is 10.5. The van der Waals surface area contributed by atoms with E-state index in [0.717, 1.165) is 5.69 Å². The van der Waals surface area contributed by atoms with Gasteiger partial charge in [-0.2, -0.15) is 5.10 Å². The molecule has 3 rings (SSSR count). The van der Waals surface area contributed by atoms with Gasteiger partial charge in [-0.3, -0.25) is 9.67 Å². The fourth-order valence-electron chi connectivity index (χ4n) is 1.95. The number of benzene rings is 2. The lowest BCUT2D eigenvalue weighted by Crippen LogP contribution is -2.05. The van der Waals surface area contributed by atoms with E-state index in [2.05, 4.69) is 10.2 Å². The van der Waals surface area contributed by atoms with Crippen molar-refractivity contribution in [1.29, 1.82) is 0 Å². The molecule has 2 aromatic carbocycles. The monoisotopic (exact) mass is 301 g/mol. The fraction of sp³-hybridized carbons (Fsp3) is 0.0667. The Balaban J connectivity index is 1.84. The Morgan fingerprint density at radius 1 is 1.10 bits per heavy atom. The summed E-state index contributed by atoms with van der Waals surface area (Å²) >= 11 is 5.24. The highest BCUT2D eigenvalue weighted by Gasteiger charge is 2.08. The molecule has 0 fully saturated rings. The van der Waals surface area contributed by atoms with Crippen LogP contribution in [0.25, 0.3) is 5.69 Å². The third-order valence-electron chi connectivity index (χ3n) is 2.94. The first-order chi connectivity index (χ1) is 10.2. The van der Waals surface area contributed by atoms with Crippen LogP contribution in [0.3, 0.4) is 0 Å². The standard InChI is InChI=1S/C15H12FN3OS/c16-11-6-8-13(9-7-11)20-10-14-17-18-15(21)19(14)12-4-2-1-3-5-12/h1-9H,10H2,(H,18,21). The lowest BCUT2D eigenvalue weighted by molar-refractivity contribution is 0.293. The zero-order chi connectivity index (χ0) is 14.7. The SMILES string of the molecule is Fc1ccc(OCc2n[nH]c(=S)n2-c2ccccc2)cc1. The van der Waals surface area contributed by atoms with E-state index in [0.29, 0.717) is 16.3 Å². The number of para-hydroxylation sites is 1. The van der Waals surface area contributed by atoms with E-state index in [1.54, 1.807) is 16.7 Å². The Labute approximate surface area is 125 Å². The maximum Gasteiger partial charge on any atom is 0.199 e. The van der Waals surface area contributed by atoms with Gasteiger partial charge in [-0.25, -0.2) is 4.39 Å². The Hall–Kier alpha value is -2.47. The molecule has 4 nitrogen and oxygen atoms in total. The van der Waals surface area contributed by atoms with Crippen molar-refractivity contribution in [3.05, 3.63) is 71.0 Å². The lowest BCUT2D eigenvalue weighted by Gasteiger charge is -2.08. The zero-order valence-corrected chi connectivity index (χ0v) is 11.8. The first kappa shape index (κ1) is 13.5. The zero-order valence-electron chi connectivity index (χ0n) is 11.0. The second kappa shape index (κ2) is 5.88. The summed E-state index contributed by atoms with van der Waals surface area (Å²) in [5.41, 5.74) is 0.911. The number of H-pyrrole nitrogens is 1. The Bertz CT molecular complexity index is 781. The number of rotatable bonds is 4. The van der Waals surface area contributed by atoms with Crippen LogP contribution in [0.15, 0.2) is 54.6 Å². The number of nitrogens with zero attached hydrogens (tertiary/aromatic N) is 2. The van der Waals surface area contributed by atoms with E-state index in [-0.39, 0.29) is 12.4 Å². The molecule has 3 aromatic rings. The molecule has 0 unspecified atom stereocenters. The van der Waals surface area contributed by atoms with Crippen LogP contribution in [-0.2, 0) is 6.61 Å². The second-order valence-corrected chi connectivity index (χ2v) is 4.75. The van der Waals surface area contributed by atoms with Crippen LogP contribution in [0, 0.1) is 10.6 Å². The number of halogens is 1. The molecule has 106 valence electrons. The number of hydrogen-bond donors (Lipinski definition) is 1. The molecule has 0 aliphatic heterocycles. The largest absolute Gasteiger partial charge is 0.486 e. The van der Waals surface area contributed by atoms with Crippen LogP contribution in [0.2, 0.25) is 0 Å². The summed E-state index contributed by atoms with van der Waals surface area (Å²) in [6.07, 6.45) is 0. The predicted octanol–water partition coefficient (Wildman–Crippen LogP) is 3.65. The minimum atomic E-state index is -0.297. The maximum absolute atomic E-state index is 12.8. The van der Waals surface area contributed by atoms with Gasteiger partial charge < -0.3 is 4.74 Å². The van der Waals surface area contributed by atoms with Crippen LogP contribution >= 0.6 is 12.2 Å². The van der Waals surface area contributed by atoms with Gasteiger partial charge in [0.25, 0.3) is 0 Å². The Morgan fingerprint density at radius 3 is 2.52 bits per heavy atom. The molecule has 0 bridgehead atoms. The fourth-order valence-corrected chi connectivity index (χ4v) is 2.20. The van der Waals surface area contributed by atoms with E-state index >= 15 is 0 Å². The summed E-state index contributed by atoms with van der Waals surface area (Å²) < 4.78 is 20.8. The third-order valence-corrected chi connectivity index (χ3v) is 3.21. The van der Waals surface area contributed by atoms with E-state index in [9.17, 15) is 4.39 Å². The summed E-state index contributed by atoms with van der Waals surface area (Å²) in [4.78, 5) is 0. The van der Waals surface area contributed by atoms with Crippen molar-refractivity contribution in [2.75, 3.05) is 0 Å². The number of ether oxygens (including phenoxy) is 1. The van der Waals surface area contributed by atoms with Crippen molar-refractivity contribution >= 4 is 12.2 Å². The Kier molecular flexibility index (Phi) is 3.79. The second-order valence-electron chi connectivity index (χ2n) is 4.36. The van der Waals surface area contributed by atoms with Gasteiger partial charge in [-0.1, -0.05) is 18.2 Å². The van der Waals surface area contributed by atoms with E-state index in [1.165, 1.54) is 12.1 Å². The van der Waals surface area contributed by atoms with Crippen LogP contribution in [0.1, 0.15) is 5.82 Å². The predicted molar refractivity (Wildman–Crippen MR) is 79.5 cm³/mol. The quantitative estimate of drug-likeness (QED) is 0.748. The summed E-state index contributed by atoms with van der Waals surface area (Å²) in [5.74, 6) is 0.926. The summed E-state index contributed by atoms with van der Waals surface area (Å²) in [6.45, 7) is 0.230. The van der Waals surface area contributed by atoms with Crippen molar-refractivity contribution in [2.45, 2.75) is 6.61 Å². The number of nitrogens with one attached hydrogen (secondary N) is 1. The van der Waals surface area contributed by atoms with Crippen LogP contribution in [0.4, 0.5) is 4.39 Å². The van der Waals surface area contributed by atoms with Gasteiger partial charge in [-0.05, 0) is 48.6 Å². The van der Waals surface area contributed by atoms with Gasteiger partial charge in [0.15, 0.2) is 10.6 Å². The van der Waals surface area contributed by atoms with Crippen LogP contribution in [-0.4, -0.2) is 14.8 Å². The van der Waals surface area contributed by atoms with E-state index in [1.807, 2.05) is 30.3 Å². The molecule has 21 heavy (non-hydrogen) atoms.